The van der Waals surface area contributed by atoms with E-state index in [1.807, 2.05) is 0 Å². The second kappa shape index (κ2) is 4.47. The number of carbonyl (C=O) groups excluding carboxylic acids is 1. The topological polar surface area (TPSA) is 68.0 Å². The molecule has 2 N–H and O–H groups in total. The largest absolute Gasteiger partial charge is 0.454 e. The molecule has 1 aromatic rings. The number of benzene rings is 1. The molecule has 0 radical (unpaired) electrons. The Bertz CT molecular complexity index is 470. The van der Waals surface area contributed by atoms with Crippen molar-refractivity contribution in [2.45, 2.75) is 0 Å². The van der Waals surface area contributed by atoms with Crippen LogP contribution >= 0.6 is 0 Å². The third kappa shape index (κ3) is 2.00. The Morgan fingerprint density at radius 2 is 1.83 bits per heavy atom. The van der Waals surface area contributed by atoms with E-state index in [4.69, 9.17) is 15.3 Å². The summed E-state index contributed by atoms with van der Waals surface area (Å²) < 4.78 is 10.5. The van der Waals surface area contributed by atoms with Gasteiger partial charge in [0.1, 0.15) is 0 Å². The summed E-state index contributed by atoms with van der Waals surface area (Å²) in [6.07, 6.45) is 0. The van der Waals surface area contributed by atoms with Crippen molar-refractivity contribution in [3.8, 4) is 11.5 Å². The second-order valence-electron chi connectivity index (χ2n) is 4.40. The molecule has 0 aliphatic carbocycles. The number of rotatable bonds is 1. The zero-order chi connectivity index (χ0) is 12.5. The van der Waals surface area contributed by atoms with Gasteiger partial charge in [-0.1, -0.05) is 0 Å². The Labute approximate surface area is 105 Å². The van der Waals surface area contributed by atoms with Gasteiger partial charge >= 0.3 is 0 Å². The van der Waals surface area contributed by atoms with Crippen LogP contribution in [0.3, 0.4) is 0 Å². The summed E-state index contributed by atoms with van der Waals surface area (Å²) in [7, 11) is 0. The highest BCUT2D eigenvalue weighted by Gasteiger charge is 2.22. The first-order chi connectivity index (χ1) is 8.74. The van der Waals surface area contributed by atoms with Gasteiger partial charge in [0.15, 0.2) is 11.5 Å². The maximum atomic E-state index is 12.3. The van der Waals surface area contributed by atoms with E-state index < -0.39 is 0 Å². The zero-order valence-corrected chi connectivity index (χ0v) is 9.96. The van der Waals surface area contributed by atoms with Crippen LogP contribution in [0.15, 0.2) is 18.2 Å². The summed E-state index contributed by atoms with van der Waals surface area (Å²) in [5.74, 6) is 7.01. The minimum absolute atomic E-state index is 0.0152. The molecule has 6 heteroatoms. The minimum atomic E-state index is 0.0152. The number of amides is 1. The summed E-state index contributed by atoms with van der Waals surface area (Å²) in [6, 6.07) is 5.28. The molecule has 2 aliphatic heterocycles. The van der Waals surface area contributed by atoms with Crippen LogP contribution in [0.2, 0.25) is 0 Å². The number of hydrazine groups is 1. The van der Waals surface area contributed by atoms with Crippen molar-refractivity contribution in [1.29, 1.82) is 0 Å². The van der Waals surface area contributed by atoms with E-state index in [1.165, 1.54) is 0 Å². The number of carbonyl (C=O) groups is 1. The molecular formula is C12H15N3O3. The average Bonchev–Trinajstić information content (AvgIpc) is 2.86. The molecule has 6 nitrogen and oxygen atoms in total. The van der Waals surface area contributed by atoms with E-state index in [9.17, 15) is 4.79 Å². The highest BCUT2D eigenvalue weighted by atomic mass is 16.7. The van der Waals surface area contributed by atoms with Crippen molar-refractivity contribution in [2.24, 2.45) is 5.84 Å². The van der Waals surface area contributed by atoms with Crippen LogP contribution in [0.25, 0.3) is 0 Å². The lowest BCUT2D eigenvalue weighted by molar-refractivity contribution is 0.0637. The van der Waals surface area contributed by atoms with Gasteiger partial charge in [0.05, 0.1) is 0 Å². The fourth-order valence-electron chi connectivity index (χ4n) is 2.14. The zero-order valence-electron chi connectivity index (χ0n) is 9.96. The van der Waals surface area contributed by atoms with Crippen molar-refractivity contribution in [3.05, 3.63) is 23.8 Å². The molecule has 0 bridgehead atoms. The van der Waals surface area contributed by atoms with Crippen LogP contribution in [0.5, 0.6) is 11.5 Å². The van der Waals surface area contributed by atoms with E-state index in [0.717, 1.165) is 0 Å². The van der Waals surface area contributed by atoms with Crippen molar-refractivity contribution < 1.29 is 14.3 Å². The highest BCUT2D eigenvalue weighted by molar-refractivity contribution is 5.95. The second-order valence-corrected chi connectivity index (χ2v) is 4.40. The summed E-state index contributed by atoms with van der Waals surface area (Å²) in [5, 5.41) is 1.73. The normalized spacial score (nSPS) is 19.1. The van der Waals surface area contributed by atoms with Crippen molar-refractivity contribution in [1.82, 2.24) is 9.91 Å². The van der Waals surface area contributed by atoms with E-state index in [-0.39, 0.29) is 12.7 Å². The third-order valence-electron chi connectivity index (χ3n) is 3.22. The standard InChI is InChI=1S/C12H15N3O3/c13-15-5-3-14(4-6-15)12(16)9-1-2-10-11(7-9)18-8-17-10/h1-2,7H,3-6,8,13H2. The fourth-order valence-corrected chi connectivity index (χ4v) is 2.14. The molecule has 0 atom stereocenters. The molecule has 0 aromatic heterocycles. The van der Waals surface area contributed by atoms with Gasteiger partial charge in [-0.25, -0.2) is 5.01 Å². The first-order valence-electron chi connectivity index (χ1n) is 5.92. The lowest BCUT2D eigenvalue weighted by atomic mass is 10.1. The summed E-state index contributed by atoms with van der Waals surface area (Å²) in [4.78, 5) is 14.1. The van der Waals surface area contributed by atoms with Gasteiger partial charge in [0.2, 0.25) is 6.79 Å². The van der Waals surface area contributed by atoms with Gasteiger partial charge in [-0.3, -0.25) is 10.6 Å². The van der Waals surface area contributed by atoms with Crippen molar-refractivity contribution >= 4 is 5.91 Å². The maximum absolute atomic E-state index is 12.3. The Morgan fingerprint density at radius 1 is 1.11 bits per heavy atom. The quantitative estimate of drug-likeness (QED) is 0.712. The molecular weight excluding hydrogens is 234 g/mol. The van der Waals surface area contributed by atoms with E-state index >= 15 is 0 Å². The Hall–Kier alpha value is -1.79. The molecule has 0 unspecified atom stereocenters. The number of nitrogens with zero attached hydrogens (tertiary/aromatic N) is 2. The van der Waals surface area contributed by atoms with Crippen molar-refractivity contribution in [2.75, 3.05) is 33.0 Å². The van der Waals surface area contributed by atoms with E-state index in [1.54, 1.807) is 28.1 Å². The first-order valence-corrected chi connectivity index (χ1v) is 5.92. The van der Waals surface area contributed by atoms with Gasteiger partial charge in [-0.05, 0) is 18.2 Å². The number of fused-ring (bicyclic) bond motifs is 1. The first kappa shape index (κ1) is 11.3. The number of hydrogen-bond acceptors (Lipinski definition) is 5. The smallest absolute Gasteiger partial charge is 0.254 e. The van der Waals surface area contributed by atoms with Gasteiger partial charge < -0.3 is 14.4 Å². The van der Waals surface area contributed by atoms with Crippen LogP contribution in [0.1, 0.15) is 10.4 Å². The van der Waals surface area contributed by atoms with Crippen LogP contribution in [0.4, 0.5) is 0 Å². The molecule has 2 aliphatic rings. The summed E-state index contributed by atoms with van der Waals surface area (Å²) in [6.45, 7) is 2.94. The Morgan fingerprint density at radius 3 is 2.61 bits per heavy atom. The molecule has 3 rings (SSSR count). The number of piperazine rings is 1. The molecule has 96 valence electrons. The van der Waals surface area contributed by atoms with Crippen molar-refractivity contribution in [3.63, 3.8) is 0 Å². The SMILES string of the molecule is NN1CCN(C(=O)c2ccc3c(c2)OCO3)CC1. The lowest BCUT2D eigenvalue weighted by Crippen LogP contribution is -2.51. The van der Waals surface area contributed by atoms with Crippen LogP contribution in [-0.4, -0.2) is 48.8 Å². The highest BCUT2D eigenvalue weighted by Crippen LogP contribution is 2.32. The monoisotopic (exact) mass is 249 g/mol. The molecule has 1 fully saturated rings. The van der Waals surface area contributed by atoms with Crippen LogP contribution in [-0.2, 0) is 0 Å². The molecule has 0 saturated carbocycles. The lowest BCUT2D eigenvalue weighted by Gasteiger charge is -2.32. The number of nitrogens with two attached hydrogens (primary N) is 1. The predicted octanol–water partition coefficient (Wildman–Crippen LogP) is 0.0468. The number of hydrogen-bond donors (Lipinski definition) is 1. The van der Waals surface area contributed by atoms with Gasteiger partial charge in [-0.2, -0.15) is 0 Å². The van der Waals surface area contributed by atoms with Gasteiger partial charge in [0.25, 0.3) is 5.91 Å². The molecule has 18 heavy (non-hydrogen) atoms. The van der Waals surface area contributed by atoms with Gasteiger partial charge in [0, 0.05) is 31.7 Å². The number of ether oxygens (including phenoxy) is 2. The molecule has 0 spiro atoms. The van der Waals surface area contributed by atoms with Gasteiger partial charge in [-0.15, -0.1) is 0 Å². The molecule has 1 aromatic carbocycles. The third-order valence-corrected chi connectivity index (χ3v) is 3.22. The molecule has 1 saturated heterocycles. The van der Waals surface area contributed by atoms with E-state index in [2.05, 4.69) is 0 Å². The fraction of sp³-hybridized carbons (Fsp3) is 0.417. The Balaban J connectivity index is 1.76. The Kier molecular flexibility index (Phi) is 2.81. The molecule has 2 heterocycles. The summed E-state index contributed by atoms with van der Waals surface area (Å²) >= 11 is 0. The predicted molar refractivity (Wildman–Crippen MR) is 64.2 cm³/mol. The molecule has 1 amide bonds. The average molecular weight is 249 g/mol. The summed E-state index contributed by atoms with van der Waals surface area (Å²) in [5.41, 5.74) is 0.629. The van der Waals surface area contributed by atoms with Crippen LogP contribution in [0, 0.1) is 0 Å². The van der Waals surface area contributed by atoms with E-state index in [0.29, 0.717) is 43.2 Å². The minimum Gasteiger partial charge on any atom is -0.454 e. The maximum Gasteiger partial charge on any atom is 0.254 e. The van der Waals surface area contributed by atoms with Crippen LogP contribution < -0.4 is 15.3 Å².